The zero-order valence-corrected chi connectivity index (χ0v) is 12.4. The summed E-state index contributed by atoms with van der Waals surface area (Å²) in [5.41, 5.74) is -1.16. The molecule has 120 valence electrons. The molecular weight excluding hydrogens is 276 g/mol. The van der Waals surface area contributed by atoms with Gasteiger partial charge in [0.2, 0.25) is 0 Å². The molecule has 21 heavy (non-hydrogen) atoms. The standard InChI is InChI=1S/C14H24N2O5/c1-10-2-4-14(5-3-10,12(18)19)15-13(20)16-6-7-21-11(8-16)9-17/h10-11,17H,2-9H2,1H3,(H,15,20)(H,18,19). The summed E-state index contributed by atoms with van der Waals surface area (Å²) in [6.07, 6.45) is 2.13. The summed E-state index contributed by atoms with van der Waals surface area (Å²) in [6, 6.07) is -0.381. The van der Waals surface area contributed by atoms with E-state index in [1.54, 1.807) is 0 Å². The Morgan fingerprint density at radius 3 is 2.62 bits per heavy atom. The Morgan fingerprint density at radius 2 is 2.05 bits per heavy atom. The predicted octanol–water partition coefficient (Wildman–Crippen LogP) is 0.423. The molecule has 2 fully saturated rings. The normalized spacial score (nSPS) is 33.5. The van der Waals surface area contributed by atoms with Crippen LogP contribution in [0.25, 0.3) is 0 Å². The highest BCUT2D eigenvalue weighted by atomic mass is 16.5. The molecule has 0 spiro atoms. The van der Waals surface area contributed by atoms with E-state index >= 15 is 0 Å². The van der Waals surface area contributed by atoms with Gasteiger partial charge in [-0.25, -0.2) is 9.59 Å². The summed E-state index contributed by atoms with van der Waals surface area (Å²) in [5.74, 6) is -0.466. The summed E-state index contributed by atoms with van der Waals surface area (Å²) in [7, 11) is 0. The second kappa shape index (κ2) is 6.62. The number of hydrogen-bond acceptors (Lipinski definition) is 4. The lowest BCUT2D eigenvalue weighted by Gasteiger charge is -2.39. The van der Waals surface area contributed by atoms with Crippen LogP contribution in [0.2, 0.25) is 0 Å². The van der Waals surface area contributed by atoms with Crippen LogP contribution < -0.4 is 5.32 Å². The lowest BCUT2D eigenvalue weighted by molar-refractivity contribution is -0.146. The molecule has 1 atom stereocenters. The minimum Gasteiger partial charge on any atom is -0.480 e. The fourth-order valence-corrected chi connectivity index (χ4v) is 2.95. The van der Waals surface area contributed by atoms with Crippen LogP contribution in [0.1, 0.15) is 32.6 Å². The molecule has 1 unspecified atom stereocenters. The third-order valence-corrected chi connectivity index (χ3v) is 4.51. The molecule has 0 bridgehead atoms. The molecule has 0 aromatic rings. The van der Waals surface area contributed by atoms with Crippen LogP contribution >= 0.6 is 0 Å². The van der Waals surface area contributed by atoms with Crippen molar-refractivity contribution in [3.8, 4) is 0 Å². The molecule has 1 saturated carbocycles. The Labute approximate surface area is 124 Å². The number of aliphatic hydroxyl groups excluding tert-OH is 1. The van der Waals surface area contributed by atoms with Gasteiger partial charge in [0, 0.05) is 6.54 Å². The lowest BCUT2D eigenvalue weighted by Crippen LogP contribution is -2.61. The van der Waals surface area contributed by atoms with Gasteiger partial charge in [0.25, 0.3) is 0 Å². The van der Waals surface area contributed by atoms with Gasteiger partial charge in [0.1, 0.15) is 5.54 Å². The van der Waals surface area contributed by atoms with Gasteiger partial charge in [-0.05, 0) is 31.6 Å². The molecule has 1 saturated heterocycles. The number of urea groups is 1. The Hall–Kier alpha value is -1.34. The Bertz CT molecular complexity index is 393. The van der Waals surface area contributed by atoms with Gasteiger partial charge in [0.05, 0.1) is 25.9 Å². The maximum atomic E-state index is 12.3. The summed E-state index contributed by atoms with van der Waals surface area (Å²) >= 11 is 0. The summed E-state index contributed by atoms with van der Waals surface area (Å²) < 4.78 is 5.30. The van der Waals surface area contributed by atoms with Crippen molar-refractivity contribution in [2.75, 3.05) is 26.3 Å². The topological polar surface area (TPSA) is 99.1 Å². The van der Waals surface area contributed by atoms with E-state index in [1.807, 2.05) is 0 Å². The highest BCUT2D eigenvalue weighted by Gasteiger charge is 2.43. The Kier molecular flexibility index (Phi) is 5.05. The molecular formula is C14H24N2O5. The quantitative estimate of drug-likeness (QED) is 0.701. The van der Waals surface area contributed by atoms with Gasteiger partial charge < -0.3 is 25.2 Å². The number of carbonyl (C=O) groups is 2. The fraction of sp³-hybridized carbons (Fsp3) is 0.857. The van der Waals surface area contributed by atoms with Crippen molar-refractivity contribution in [3.63, 3.8) is 0 Å². The largest absolute Gasteiger partial charge is 0.480 e. The second-order valence-electron chi connectivity index (χ2n) is 6.12. The number of amides is 2. The van der Waals surface area contributed by atoms with E-state index in [1.165, 1.54) is 4.90 Å². The number of rotatable bonds is 3. The first kappa shape index (κ1) is 16.0. The molecule has 2 aliphatic rings. The molecule has 0 radical (unpaired) electrons. The van der Waals surface area contributed by atoms with Crippen molar-refractivity contribution >= 4 is 12.0 Å². The maximum Gasteiger partial charge on any atom is 0.329 e. The van der Waals surface area contributed by atoms with Crippen LogP contribution in [-0.4, -0.2) is 65.1 Å². The van der Waals surface area contributed by atoms with E-state index in [4.69, 9.17) is 9.84 Å². The van der Waals surface area contributed by atoms with E-state index in [9.17, 15) is 14.7 Å². The average molecular weight is 300 g/mol. The zero-order chi connectivity index (χ0) is 15.5. The molecule has 3 N–H and O–H groups in total. The average Bonchev–Trinajstić information content (AvgIpc) is 2.49. The van der Waals surface area contributed by atoms with E-state index in [2.05, 4.69) is 12.2 Å². The van der Waals surface area contributed by atoms with Gasteiger partial charge in [-0.2, -0.15) is 0 Å². The third-order valence-electron chi connectivity index (χ3n) is 4.51. The molecule has 0 aromatic heterocycles. The number of aliphatic carboxylic acids is 1. The number of nitrogens with one attached hydrogen (secondary N) is 1. The summed E-state index contributed by atoms with van der Waals surface area (Å²) in [6.45, 7) is 3.01. The molecule has 7 nitrogen and oxygen atoms in total. The minimum absolute atomic E-state index is 0.147. The fourth-order valence-electron chi connectivity index (χ4n) is 2.95. The van der Waals surface area contributed by atoms with Gasteiger partial charge in [-0.1, -0.05) is 6.92 Å². The number of ether oxygens (including phenoxy) is 1. The van der Waals surface area contributed by atoms with E-state index in [-0.39, 0.29) is 19.2 Å². The summed E-state index contributed by atoms with van der Waals surface area (Å²) in [5, 5.41) is 21.3. The third kappa shape index (κ3) is 3.65. The monoisotopic (exact) mass is 300 g/mol. The number of morpholine rings is 1. The summed E-state index contributed by atoms with van der Waals surface area (Å²) in [4.78, 5) is 25.5. The molecule has 2 rings (SSSR count). The van der Waals surface area contributed by atoms with Crippen LogP contribution in [0, 0.1) is 5.92 Å². The Balaban J connectivity index is 2.00. The minimum atomic E-state index is -1.16. The molecule has 0 aromatic carbocycles. The number of nitrogens with zero attached hydrogens (tertiary/aromatic N) is 1. The lowest BCUT2D eigenvalue weighted by atomic mass is 9.77. The van der Waals surface area contributed by atoms with Crippen molar-refractivity contribution in [1.29, 1.82) is 0 Å². The van der Waals surface area contributed by atoms with E-state index in [0.29, 0.717) is 31.9 Å². The van der Waals surface area contributed by atoms with Crippen molar-refractivity contribution in [2.24, 2.45) is 5.92 Å². The molecule has 1 aliphatic carbocycles. The molecule has 2 amide bonds. The van der Waals surface area contributed by atoms with Crippen molar-refractivity contribution in [2.45, 2.75) is 44.2 Å². The van der Waals surface area contributed by atoms with Gasteiger partial charge in [-0.3, -0.25) is 0 Å². The maximum absolute atomic E-state index is 12.3. The van der Waals surface area contributed by atoms with E-state index < -0.39 is 17.6 Å². The predicted molar refractivity (Wildman–Crippen MR) is 74.9 cm³/mol. The van der Waals surface area contributed by atoms with Crippen molar-refractivity contribution in [3.05, 3.63) is 0 Å². The smallest absolute Gasteiger partial charge is 0.329 e. The SMILES string of the molecule is CC1CCC(NC(=O)N2CCOC(CO)C2)(C(=O)O)CC1. The van der Waals surface area contributed by atoms with Crippen molar-refractivity contribution < 1.29 is 24.5 Å². The van der Waals surface area contributed by atoms with Crippen LogP contribution in [0.3, 0.4) is 0 Å². The van der Waals surface area contributed by atoms with Crippen LogP contribution in [0.5, 0.6) is 0 Å². The first-order valence-electron chi connectivity index (χ1n) is 7.50. The van der Waals surface area contributed by atoms with Crippen LogP contribution in [-0.2, 0) is 9.53 Å². The van der Waals surface area contributed by atoms with Crippen LogP contribution in [0.4, 0.5) is 4.79 Å². The van der Waals surface area contributed by atoms with Gasteiger partial charge >= 0.3 is 12.0 Å². The number of carboxylic acid groups (broad SMARTS) is 1. The zero-order valence-electron chi connectivity index (χ0n) is 12.4. The van der Waals surface area contributed by atoms with Crippen molar-refractivity contribution in [1.82, 2.24) is 10.2 Å². The number of carboxylic acids is 1. The number of hydrogen-bond donors (Lipinski definition) is 3. The number of aliphatic hydroxyl groups is 1. The molecule has 1 aliphatic heterocycles. The highest BCUT2D eigenvalue weighted by Crippen LogP contribution is 2.32. The second-order valence-corrected chi connectivity index (χ2v) is 6.12. The highest BCUT2D eigenvalue weighted by molar-refractivity contribution is 5.86. The first-order chi connectivity index (χ1) is 9.97. The van der Waals surface area contributed by atoms with Crippen LogP contribution in [0.15, 0.2) is 0 Å². The van der Waals surface area contributed by atoms with Gasteiger partial charge in [0.15, 0.2) is 0 Å². The number of carbonyl (C=O) groups excluding carboxylic acids is 1. The van der Waals surface area contributed by atoms with E-state index in [0.717, 1.165) is 12.8 Å². The molecule has 1 heterocycles. The molecule has 7 heteroatoms. The first-order valence-corrected chi connectivity index (χ1v) is 7.50. The van der Waals surface area contributed by atoms with Gasteiger partial charge in [-0.15, -0.1) is 0 Å². The Morgan fingerprint density at radius 1 is 1.38 bits per heavy atom.